The summed E-state index contributed by atoms with van der Waals surface area (Å²) < 4.78 is 26.5. The summed E-state index contributed by atoms with van der Waals surface area (Å²) in [6.07, 6.45) is 1.68. The maximum absolute atomic E-state index is 13.6. The average molecular weight is 532 g/mol. The SMILES string of the molecule is CC(C)(C)OC(=O)N1CC(c2ccc(F)cc2)=CC1CO[Si](c1ccccc1)(c1ccccc1)C(C)(C)C. The van der Waals surface area contributed by atoms with Crippen molar-refractivity contribution < 1.29 is 18.3 Å². The first-order valence-electron chi connectivity index (χ1n) is 13.1. The molecule has 6 heteroatoms. The zero-order chi connectivity index (χ0) is 27.6. The number of ether oxygens (including phenoxy) is 1. The van der Waals surface area contributed by atoms with Crippen LogP contribution in [0.3, 0.4) is 0 Å². The first-order chi connectivity index (χ1) is 17.9. The topological polar surface area (TPSA) is 38.8 Å². The Hall–Kier alpha value is -3.22. The Morgan fingerprint density at radius 1 is 0.868 bits per heavy atom. The van der Waals surface area contributed by atoms with E-state index in [2.05, 4.69) is 75.4 Å². The quantitative estimate of drug-likeness (QED) is 0.345. The Labute approximate surface area is 227 Å². The summed E-state index contributed by atoms with van der Waals surface area (Å²) in [4.78, 5) is 15.1. The molecule has 0 saturated heterocycles. The second kappa shape index (κ2) is 10.9. The van der Waals surface area contributed by atoms with Gasteiger partial charge in [0.2, 0.25) is 0 Å². The van der Waals surface area contributed by atoms with E-state index in [4.69, 9.17) is 9.16 Å². The lowest BCUT2D eigenvalue weighted by Crippen LogP contribution is -2.67. The molecular formula is C32H38FNO3Si. The van der Waals surface area contributed by atoms with E-state index in [0.717, 1.165) is 11.1 Å². The van der Waals surface area contributed by atoms with Crippen LogP contribution in [0.25, 0.3) is 5.57 Å². The van der Waals surface area contributed by atoms with Gasteiger partial charge in [0.1, 0.15) is 11.4 Å². The molecule has 4 nitrogen and oxygen atoms in total. The van der Waals surface area contributed by atoms with Gasteiger partial charge in [0.25, 0.3) is 8.32 Å². The lowest BCUT2D eigenvalue weighted by molar-refractivity contribution is 0.0207. The molecule has 0 radical (unpaired) electrons. The van der Waals surface area contributed by atoms with Crippen molar-refractivity contribution in [2.75, 3.05) is 13.2 Å². The second-order valence-corrected chi connectivity index (χ2v) is 16.2. The molecule has 3 aromatic carbocycles. The van der Waals surface area contributed by atoms with Crippen molar-refractivity contribution in [3.63, 3.8) is 0 Å². The molecule has 1 atom stereocenters. The van der Waals surface area contributed by atoms with Gasteiger partial charge in [0.05, 0.1) is 19.2 Å². The zero-order valence-corrected chi connectivity index (χ0v) is 24.2. The van der Waals surface area contributed by atoms with Gasteiger partial charge >= 0.3 is 6.09 Å². The Balaban J connectivity index is 1.74. The fourth-order valence-corrected chi connectivity index (χ4v) is 9.73. The first-order valence-corrected chi connectivity index (χ1v) is 15.0. The molecule has 38 heavy (non-hydrogen) atoms. The number of amides is 1. The molecule has 0 aromatic heterocycles. The molecule has 200 valence electrons. The molecule has 4 rings (SSSR count). The van der Waals surface area contributed by atoms with Crippen molar-refractivity contribution in [1.29, 1.82) is 0 Å². The van der Waals surface area contributed by atoms with Crippen molar-refractivity contribution in [3.05, 3.63) is 102 Å². The van der Waals surface area contributed by atoms with Crippen molar-refractivity contribution >= 4 is 30.4 Å². The molecule has 1 unspecified atom stereocenters. The molecular weight excluding hydrogens is 493 g/mol. The van der Waals surface area contributed by atoms with Gasteiger partial charge in [-0.1, -0.05) is 99.6 Å². The Morgan fingerprint density at radius 3 is 1.87 bits per heavy atom. The van der Waals surface area contributed by atoms with Crippen molar-refractivity contribution in [2.24, 2.45) is 0 Å². The van der Waals surface area contributed by atoms with Crippen LogP contribution in [0.2, 0.25) is 5.04 Å². The summed E-state index contributed by atoms with van der Waals surface area (Å²) in [5.41, 5.74) is 1.21. The van der Waals surface area contributed by atoms with E-state index in [0.29, 0.717) is 13.2 Å². The summed E-state index contributed by atoms with van der Waals surface area (Å²) >= 11 is 0. The highest BCUT2D eigenvalue weighted by atomic mass is 28.4. The van der Waals surface area contributed by atoms with Crippen LogP contribution in [-0.4, -0.2) is 44.1 Å². The molecule has 1 heterocycles. The molecule has 0 bridgehead atoms. The van der Waals surface area contributed by atoms with E-state index in [-0.39, 0.29) is 23.0 Å². The number of carbonyl (C=O) groups is 1. The minimum Gasteiger partial charge on any atom is -0.444 e. The van der Waals surface area contributed by atoms with Gasteiger partial charge in [-0.3, -0.25) is 4.90 Å². The van der Waals surface area contributed by atoms with Crippen molar-refractivity contribution in [1.82, 2.24) is 4.90 Å². The van der Waals surface area contributed by atoms with Crippen LogP contribution in [0.5, 0.6) is 0 Å². The minimum atomic E-state index is -2.79. The Bertz CT molecular complexity index is 1220. The molecule has 3 aromatic rings. The molecule has 0 saturated carbocycles. The van der Waals surface area contributed by atoms with Crippen LogP contribution < -0.4 is 10.4 Å². The van der Waals surface area contributed by atoms with E-state index in [1.54, 1.807) is 17.0 Å². The molecule has 0 fully saturated rings. The third kappa shape index (κ3) is 5.92. The maximum atomic E-state index is 13.6. The van der Waals surface area contributed by atoms with E-state index in [9.17, 15) is 9.18 Å². The summed E-state index contributed by atoms with van der Waals surface area (Å²) in [5.74, 6) is -0.289. The van der Waals surface area contributed by atoms with Gasteiger partial charge in [-0.05, 0) is 59.5 Å². The molecule has 1 amide bonds. The fraction of sp³-hybridized carbons (Fsp3) is 0.344. The predicted molar refractivity (Wildman–Crippen MR) is 155 cm³/mol. The van der Waals surface area contributed by atoms with Gasteiger partial charge in [0.15, 0.2) is 0 Å². The number of carbonyl (C=O) groups excluding carboxylic acids is 1. The van der Waals surface area contributed by atoms with Gasteiger partial charge in [-0.15, -0.1) is 0 Å². The zero-order valence-electron chi connectivity index (χ0n) is 23.2. The third-order valence-corrected chi connectivity index (χ3v) is 11.9. The predicted octanol–water partition coefficient (Wildman–Crippen LogP) is 6.41. The second-order valence-electron chi connectivity index (χ2n) is 11.8. The number of halogens is 1. The highest BCUT2D eigenvalue weighted by molar-refractivity contribution is 6.99. The highest BCUT2D eigenvalue weighted by Gasteiger charge is 2.51. The standard InChI is InChI=1S/C32H38FNO3Si/c1-31(2,3)37-30(35)34-22-25(24-17-19-26(33)20-18-24)21-27(34)23-36-38(32(4,5)6,28-13-9-7-10-14-28)29-15-11-8-12-16-29/h7-21,27H,22-23H2,1-6H3. The largest absolute Gasteiger partial charge is 0.444 e. The normalized spacial score (nSPS) is 16.3. The number of hydrogen-bond donors (Lipinski definition) is 0. The fourth-order valence-electron chi connectivity index (χ4n) is 5.16. The average Bonchev–Trinajstić information content (AvgIpc) is 3.29. The Morgan fingerprint density at radius 2 is 1.39 bits per heavy atom. The molecule has 0 N–H and O–H groups in total. The third-order valence-electron chi connectivity index (χ3n) is 6.87. The molecule has 1 aliphatic rings. The summed E-state index contributed by atoms with van der Waals surface area (Å²) in [6, 6.07) is 27.0. The van der Waals surface area contributed by atoms with Crippen LogP contribution in [-0.2, 0) is 9.16 Å². The van der Waals surface area contributed by atoms with Crippen LogP contribution in [0.1, 0.15) is 47.1 Å². The molecule has 0 aliphatic carbocycles. The molecule has 1 aliphatic heterocycles. The van der Waals surface area contributed by atoms with Gasteiger partial charge < -0.3 is 9.16 Å². The van der Waals surface area contributed by atoms with E-state index in [1.165, 1.54) is 22.5 Å². The van der Waals surface area contributed by atoms with E-state index >= 15 is 0 Å². The molecule has 0 spiro atoms. The van der Waals surface area contributed by atoms with Gasteiger partial charge in [-0.2, -0.15) is 0 Å². The summed E-state index contributed by atoms with van der Waals surface area (Å²) in [7, 11) is -2.79. The van der Waals surface area contributed by atoms with E-state index in [1.807, 2.05) is 32.9 Å². The smallest absolute Gasteiger partial charge is 0.411 e. The monoisotopic (exact) mass is 531 g/mol. The van der Waals surface area contributed by atoms with Gasteiger partial charge in [0, 0.05) is 0 Å². The first kappa shape index (κ1) is 27.8. The van der Waals surface area contributed by atoms with Crippen molar-refractivity contribution in [2.45, 2.75) is 58.2 Å². The highest BCUT2D eigenvalue weighted by Crippen LogP contribution is 2.37. The van der Waals surface area contributed by atoms with Crippen LogP contribution in [0, 0.1) is 5.82 Å². The Kier molecular flexibility index (Phi) is 7.95. The summed E-state index contributed by atoms with van der Waals surface area (Å²) in [6.45, 7) is 13.0. The van der Waals surface area contributed by atoms with Crippen LogP contribution in [0.4, 0.5) is 9.18 Å². The number of rotatable bonds is 6. The number of nitrogens with zero attached hydrogens (tertiary/aromatic N) is 1. The number of hydrogen-bond acceptors (Lipinski definition) is 3. The summed E-state index contributed by atoms with van der Waals surface area (Å²) in [5, 5.41) is 2.18. The van der Waals surface area contributed by atoms with Crippen LogP contribution >= 0.6 is 0 Å². The van der Waals surface area contributed by atoms with Crippen molar-refractivity contribution in [3.8, 4) is 0 Å². The lowest BCUT2D eigenvalue weighted by atomic mass is 10.1. The maximum Gasteiger partial charge on any atom is 0.411 e. The van der Waals surface area contributed by atoms with E-state index < -0.39 is 13.9 Å². The van der Waals surface area contributed by atoms with Crippen LogP contribution in [0.15, 0.2) is 91.0 Å². The van der Waals surface area contributed by atoms with Gasteiger partial charge in [-0.25, -0.2) is 9.18 Å². The number of benzene rings is 3. The minimum absolute atomic E-state index is 0.186. The lowest BCUT2D eigenvalue weighted by Gasteiger charge is -2.44.